The van der Waals surface area contributed by atoms with Crippen molar-refractivity contribution in [1.82, 2.24) is 4.98 Å². The fourth-order valence-corrected chi connectivity index (χ4v) is 2.07. The summed E-state index contributed by atoms with van der Waals surface area (Å²) in [7, 11) is 3.03. The minimum Gasteiger partial charge on any atom is -0.493 e. The molecule has 0 spiro atoms. The van der Waals surface area contributed by atoms with E-state index in [2.05, 4.69) is 4.98 Å². The molecule has 1 heterocycles. The quantitative estimate of drug-likeness (QED) is 0.761. The summed E-state index contributed by atoms with van der Waals surface area (Å²) in [6, 6.07) is 3.22. The zero-order chi connectivity index (χ0) is 13.7. The molecule has 6 heteroatoms. The molecule has 0 bridgehead atoms. The van der Waals surface area contributed by atoms with E-state index in [4.69, 9.17) is 14.2 Å². The Morgan fingerprint density at radius 3 is 2.42 bits per heavy atom. The van der Waals surface area contributed by atoms with Gasteiger partial charge in [-0.25, -0.2) is 0 Å². The smallest absolute Gasteiger partial charge is 0.203 e. The molecule has 0 aliphatic heterocycles. The number of nitrogens with zero attached hydrogens (tertiary/aromatic N) is 1. The van der Waals surface area contributed by atoms with Gasteiger partial charge in [0.05, 0.1) is 24.6 Å². The van der Waals surface area contributed by atoms with Crippen LogP contribution in [-0.4, -0.2) is 25.5 Å². The van der Waals surface area contributed by atoms with Crippen LogP contribution < -0.4 is 14.2 Å². The van der Waals surface area contributed by atoms with E-state index >= 15 is 0 Å². The normalized spacial score (nSPS) is 10.0. The maximum Gasteiger partial charge on any atom is 0.203 e. The first-order valence-electron chi connectivity index (χ1n) is 5.50. The standard InChI is InChI=1S/C13H13NO4S/c1-16-11-3-9(6-15)4-12(17-2)13(11)18-7-10-5-14-8-19-10/h3-6,8H,7H2,1-2H3. The average Bonchev–Trinajstić information content (AvgIpc) is 2.97. The van der Waals surface area contributed by atoms with Crippen molar-refractivity contribution in [2.75, 3.05) is 14.2 Å². The number of hydrogen-bond donors (Lipinski definition) is 0. The lowest BCUT2D eigenvalue weighted by molar-refractivity contribution is 0.112. The molecule has 1 aromatic heterocycles. The molecule has 1 aromatic carbocycles. The molecule has 0 aliphatic carbocycles. The molecule has 2 rings (SSSR count). The highest BCUT2D eigenvalue weighted by Gasteiger charge is 2.14. The molecule has 0 N–H and O–H groups in total. The zero-order valence-electron chi connectivity index (χ0n) is 10.6. The van der Waals surface area contributed by atoms with Gasteiger partial charge in [0.25, 0.3) is 0 Å². The number of ether oxygens (including phenoxy) is 3. The third-order valence-corrected chi connectivity index (χ3v) is 3.21. The van der Waals surface area contributed by atoms with Gasteiger partial charge < -0.3 is 14.2 Å². The molecule has 0 aliphatic rings. The Bertz CT molecular complexity index is 529. The zero-order valence-corrected chi connectivity index (χ0v) is 11.4. The summed E-state index contributed by atoms with van der Waals surface area (Å²) in [4.78, 5) is 15.8. The van der Waals surface area contributed by atoms with Gasteiger partial charge in [0.1, 0.15) is 12.9 Å². The van der Waals surface area contributed by atoms with E-state index in [9.17, 15) is 4.79 Å². The molecule has 19 heavy (non-hydrogen) atoms. The van der Waals surface area contributed by atoms with Crippen LogP contribution in [0.25, 0.3) is 0 Å². The molecule has 5 nitrogen and oxygen atoms in total. The summed E-state index contributed by atoms with van der Waals surface area (Å²) < 4.78 is 16.1. The number of thiazole rings is 1. The van der Waals surface area contributed by atoms with Crippen molar-refractivity contribution in [1.29, 1.82) is 0 Å². The number of hydrogen-bond acceptors (Lipinski definition) is 6. The number of aromatic nitrogens is 1. The van der Waals surface area contributed by atoms with Gasteiger partial charge >= 0.3 is 0 Å². The summed E-state index contributed by atoms with van der Waals surface area (Å²) >= 11 is 1.50. The van der Waals surface area contributed by atoms with E-state index in [-0.39, 0.29) is 0 Å². The highest BCUT2D eigenvalue weighted by molar-refractivity contribution is 7.09. The number of methoxy groups -OCH3 is 2. The third-order valence-electron chi connectivity index (χ3n) is 2.46. The Kier molecular flexibility index (Phi) is 4.35. The second-order valence-corrected chi connectivity index (χ2v) is 4.60. The van der Waals surface area contributed by atoms with E-state index < -0.39 is 0 Å². The molecule has 2 aromatic rings. The lowest BCUT2D eigenvalue weighted by atomic mass is 10.2. The average molecular weight is 279 g/mol. The van der Waals surface area contributed by atoms with Gasteiger partial charge in [-0.1, -0.05) is 0 Å². The van der Waals surface area contributed by atoms with Crippen LogP contribution in [-0.2, 0) is 6.61 Å². The van der Waals surface area contributed by atoms with Crippen molar-refractivity contribution in [2.45, 2.75) is 6.61 Å². The van der Waals surface area contributed by atoms with Crippen LogP contribution in [0.3, 0.4) is 0 Å². The van der Waals surface area contributed by atoms with Crippen LogP contribution in [0.15, 0.2) is 23.8 Å². The number of rotatable bonds is 6. The molecule has 0 fully saturated rings. The second kappa shape index (κ2) is 6.19. The van der Waals surface area contributed by atoms with Gasteiger partial charge in [-0.15, -0.1) is 11.3 Å². The van der Waals surface area contributed by atoms with E-state index in [0.717, 1.165) is 11.2 Å². The Balaban J connectivity index is 2.28. The van der Waals surface area contributed by atoms with E-state index in [1.165, 1.54) is 25.6 Å². The predicted molar refractivity (Wildman–Crippen MR) is 71.4 cm³/mol. The van der Waals surface area contributed by atoms with Crippen molar-refractivity contribution < 1.29 is 19.0 Å². The molecule has 0 saturated carbocycles. The summed E-state index contributed by atoms with van der Waals surface area (Å²) in [5.74, 6) is 1.40. The first-order chi connectivity index (χ1) is 9.28. The highest BCUT2D eigenvalue weighted by Crippen LogP contribution is 2.38. The van der Waals surface area contributed by atoms with Crippen LogP contribution in [0, 0.1) is 0 Å². The summed E-state index contributed by atoms with van der Waals surface area (Å²) in [6.45, 7) is 0.373. The number of aldehydes is 1. The van der Waals surface area contributed by atoms with Crippen molar-refractivity contribution in [3.8, 4) is 17.2 Å². The Morgan fingerprint density at radius 1 is 1.26 bits per heavy atom. The maximum atomic E-state index is 10.8. The first kappa shape index (κ1) is 13.4. The van der Waals surface area contributed by atoms with Crippen LogP contribution in [0.5, 0.6) is 17.2 Å². The summed E-state index contributed by atoms with van der Waals surface area (Å²) in [5, 5.41) is 0. The number of carbonyl (C=O) groups is 1. The summed E-state index contributed by atoms with van der Waals surface area (Å²) in [6.07, 6.45) is 2.47. The molecule has 0 unspecified atom stereocenters. The predicted octanol–water partition coefficient (Wildman–Crippen LogP) is 2.55. The lowest BCUT2D eigenvalue weighted by Gasteiger charge is -2.14. The number of carbonyl (C=O) groups excluding carboxylic acids is 1. The molecule has 100 valence electrons. The van der Waals surface area contributed by atoms with Crippen LogP contribution >= 0.6 is 11.3 Å². The molecule has 0 saturated heterocycles. The first-order valence-corrected chi connectivity index (χ1v) is 6.37. The van der Waals surface area contributed by atoms with Gasteiger partial charge in [-0.3, -0.25) is 9.78 Å². The van der Waals surface area contributed by atoms with Crippen molar-refractivity contribution >= 4 is 17.6 Å². The maximum absolute atomic E-state index is 10.8. The molecule has 0 atom stereocenters. The van der Waals surface area contributed by atoms with Gasteiger partial charge in [0.2, 0.25) is 5.75 Å². The Hall–Kier alpha value is -2.08. The molecular formula is C13H13NO4S. The molecular weight excluding hydrogens is 266 g/mol. The highest BCUT2D eigenvalue weighted by atomic mass is 32.1. The third kappa shape index (κ3) is 3.03. The van der Waals surface area contributed by atoms with Crippen LogP contribution in [0.4, 0.5) is 0 Å². The fourth-order valence-electron chi connectivity index (χ4n) is 1.57. The van der Waals surface area contributed by atoms with E-state index in [0.29, 0.717) is 29.4 Å². The SMILES string of the molecule is COc1cc(C=O)cc(OC)c1OCc1cncs1. The van der Waals surface area contributed by atoms with Gasteiger partial charge in [0, 0.05) is 11.8 Å². The van der Waals surface area contributed by atoms with E-state index in [1.807, 2.05) is 0 Å². The minimum atomic E-state index is 0.373. The second-order valence-electron chi connectivity index (χ2n) is 3.63. The molecule has 0 amide bonds. The topological polar surface area (TPSA) is 57.7 Å². The van der Waals surface area contributed by atoms with Gasteiger partial charge in [0.15, 0.2) is 11.5 Å². The number of benzene rings is 1. The van der Waals surface area contributed by atoms with Gasteiger partial charge in [-0.05, 0) is 12.1 Å². The Morgan fingerprint density at radius 2 is 1.95 bits per heavy atom. The van der Waals surface area contributed by atoms with Crippen molar-refractivity contribution in [2.24, 2.45) is 0 Å². The van der Waals surface area contributed by atoms with Crippen LogP contribution in [0.2, 0.25) is 0 Å². The minimum absolute atomic E-state index is 0.373. The summed E-state index contributed by atoms with van der Waals surface area (Å²) in [5.41, 5.74) is 2.21. The Labute approximate surface area is 114 Å². The fraction of sp³-hybridized carbons (Fsp3) is 0.231. The lowest BCUT2D eigenvalue weighted by Crippen LogP contribution is -2.00. The van der Waals surface area contributed by atoms with Crippen molar-refractivity contribution in [3.05, 3.63) is 34.3 Å². The van der Waals surface area contributed by atoms with Crippen molar-refractivity contribution in [3.63, 3.8) is 0 Å². The van der Waals surface area contributed by atoms with Gasteiger partial charge in [-0.2, -0.15) is 0 Å². The van der Waals surface area contributed by atoms with E-state index in [1.54, 1.807) is 23.8 Å². The molecule has 0 radical (unpaired) electrons. The largest absolute Gasteiger partial charge is 0.493 e. The monoisotopic (exact) mass is 279 g/mol. The van der Waals surface area contributed by atoms with Crippen LogP contribution in [0.1, 0.15) is 15.2 Å².